The van der Waals surface area contributed by atoms with Gasteiger partial charge in [-0.15, -0.1) is 0 Å². The predicted molar refractivity (Wildman–Crippen MR) is 71.5 cm³/mol. The average molecular weight is 297 g/mol. The molecule has 0 saturated heterocycles. The normalized spacial score (nSPS) is 8.63. The number of rotatable bonds is 2. The van der Waals surface area contributed by atoms with Crippen LogP contribution in [0.4, 0.5) is 0 Å². The van der Waals surface area contributed by atoms with Crippen LogP contribution < -0.4 is 4.74 Å². The van der Waals surface area contributed by atoms with Gasteiger partial charge in [0, 0.05) is 29.2 Å². The number of benzene rings is 2. The van der Waals surface area contributed by atoms with Crippen molar-refractivity contribution in [2.45, 2.75) is 0 Å². The summed E-state index contributed by atoms with van der Waals surface area (Å²) >= 11 is 0. The molecule has 1 N–H and O–H groups in total. The molecule has 0 bridgehead atoms. The van der Waals surface area contributed by atoms with Crippen molar-refractivity contribution >= 4 is 0 Å². The largest absolute Gasteiger partial charge is 0.457 e. The number of aromatic amines is 1. The number of ether oxygens (including phenoxy) is 1. The Hall–Kier alpha value is -2.04. The van der Waals surface area contributed by atoms with Crippen LogP contribution in [0.2, 0.25) is 0 Å². The summed E-state index contributed by atoms with van der Waals surface area (Å²) in [6.45, 7) is 0. The van der Waals surface area contributed by atoms with E-state index < -0.39 is 0 Å². The Morgan fingerprint density at radius 3 is 1.58 bits per heavy atom. The third kappa shape index (κ3) is 5.90. The Bertz CT molecular complexity index is 472. The smallest absolute Gasteiger partial charge is 0.127 e. The molecule has 2 aromatic carbocycles. The molecule has 0 spiro atoms. The van der Waals surface area contributed by atoms with Gasteiger partial charge < -0.3 is 4.74 Å². The van der Waals surface area contributed by atoms with Crippen LogP contribution in [-0.4, -0.2) is 10.2 Å². The summed E-state index contributed by atoms with van der Waals surface area (Å²) in [5.41, 5.74) is 0. The van der Waals surface area contributed by atoms with Crippen LogP contribution in [0.1, 0.15) is 0 Å². The van der Waals surface area contributed by atoms with Crippen molar-refractivity contribution in [2.75, 3.05) is 0 Å². The van der Waals surface area contributed by atoms with Gasteiger partial charge in [0.05, 0.1) is 0 Å². The van der Waals surface area contributed by atoms with Gasteiger partial charge in [-0.25, -0.2) is 0 Å². The Morgan fingerprint density at radius 1 is 0.737 bits per heavy atom. The van der Waals surface area contributed by atoms with Gasteiger partial charge in [0.1, 0.15) is 11.5 Å². The van der Waals surface area contributed by atoms with Gasteiger partial charge in [-0.2, -0.15) is 5.10 Å². The van der Waals surface area contributed by atoms with E-state index in [1.54, 1.807) is 12.4 Å². The maximum Gasteiger partial charge on any atom is 0.127 e. The van der Waals surface area contributed by atoms with Crippen LogP contribution in [0.5, 0.6) is 11.5 Å². The molecule has 0 fully saturated rings. The third-order valence-corrected chi connectivity index (χ3v) is 2.13. The summed E-state index contributed by atoms with van der Waals surface area (Å²) in [7, 11) is 0. The molecule has 1 heterocycles. The van der Waals surface area contributed by atoms with Crippen LogP contribution >= 0.6 is 0 Å². The Kier molecular flexibility index (Phi) is 7.08. The minimum Gasteiger partial charge on any atom is -0.457 e. The zero-order chi connectivity index (χ0) is 12.5. The number of H-pyrrole nitrogens is 1. The van der Waals surface area contributed by atoms with Gasteiger partial charge in [0.2, 0.25) is 0 Å². The average Bonchev–Trinajstić information content (AvgIpc) is 3.00. The molecule has 0 amide bonds. The molecule has 0 aliphatic heterocycles. The molecule has 0 unspecified atom stereocenters. The molecule has 99 valence electrons. The quantitative estimate of drug-likeness (QED) is 0.779. The van der Waals surface area contributed by atoms with Gasteiger partial charge in [0.25, 0.3) is 0 Å². The van der Waals surface area contributed by atoms with Gasteiger partial charge >= 0.3 is 0 Å². The van der Waals surface area contributed by atoms with Crippen molar-refractivity contribution in [2.24, 2.45) is 0 Å². The molecular weight excluding hydrogens is 283 g/mol. The van der Waals surface area contributed by atoms with E-state index in [4.69, 9.17) is 4.74 Å². The predicted octanol–water partition coefficient (Wildman–Crippen LogP) is 3.89. The molecule has 19 heavy (non-hydrogen) atoms. The number of hydrogen-bond donors (Lipinski definition) is 1. The van der Waals surface area contributed by atoms with Crippen LogP contribution in [0.15, 0.2) is 79.1 Å². The van der Waals surface area contributed by atoms with E-state index in [1.807, 2.05) is 66.7 Å². The summed E-state index contributed by atoms with van der Waals surface area (Å²) < 4.78 is 5.58. The Labute approximate surface area is 122 Å². The van der Waals surface area contributed by atoms with Crippen molar-refractivity contribution in [3.63, 3.8) is 0 Å². The Balaban J connectivity index is 0.000000256. The topological polar surface area (TPSA) is 37.9 Å². The first-order valence-corrected chi connectivity index (χ1v) is 5.67. The van der Waals surface area contributed by atoms with Crippen LogP contribution in [0.3, 0.4) is 0 Å². The van der Waals surface area contributed by atoms with Crippen molar-refractivity contribution < 1.29 is 21.5 Å². The maximum absolute atomic E-state index is 5.58. The summed E-state index contributed by atoms with van der Waals surface area (Å²) in [5, 5.41) is 6.21. The molecule has 1 radical (unpaired) electrons. The van der Waals surface area contributed by atoms with Gasteiger partial charge in [-0.05, 0) is 30.3 Å². The first-order chi connectivity index (χ1) is 8.95. The van der Waals surface area contributed by atoms with E-state index in [1.165, 1.54) is 0 Å². The van der Waals surface area contributed by atoms with E-state index in [0.29, 0.717) is 0 Å². The number of aromatic nitrogens is 2. The van der Waals surface area contributed by atoms with Crippen molar-refractivity contribution in [3.05, 3.63) is 79.1 Å². The number of hydrogen-bond acceptors (Lipinski definition) is 2. The van der Waals surface area contributed by atoms with Crippen molar-refractivity contribution in [1.82, 2.24) is 10.2 Å². The first kappa shape index (κ1) is 15.0. The second-order valence-corrected chi connectivity index (χ2v) is 3.49. The molecule has 4 heteroatoms. The van der Waals surface area contributed by atoms with E-state index in [2.05, 4.69) is 10.2 Å². The van der Waals surface area contributed by atoms with Crippen molar-refractivity contribution in [1.29, 1.82) is 0 Å². The van der Waals surface area contributed by atoms with Gasteiger partial charge in [-0.3, -0.25) is 5.10 Å². The molecule has 1 aromatic heterocycles. The molecule has 3 nitrogen and oxygen atoms in total. The summed E-state index contributed by atoms with van der Waals surface area (Å²) in [6.07, 6.45) is 3.46. The van der Waals surface area contributed by atoms with Crippen molar-refractivity contribution in [3.8, 4) is 11.5 Å². The minimum absolute atomic E-state index is 0. The first-order valence-electron chi connectivity index (χ1n) is 5.67. The SMILES string of the molecule is [Co].c1ccc(Oc2ccccc2)cc1.c1cn[nH]c1. The summed E-state index contributed by atoms with van der Waals surface area (Å²) in [6, 6.07) is 21.3. The third-order valence-electron chi connectivity index (χ3n) is 2.13. The minimum atomic E-state index is 0. The second kappa shape index (κ2) is 8.96. The summed E-state index contributed by atoms with van der Waals surface area (Å²) in [5.74, 6) is 1.74. The second-order valence-electron chi connectivity index (χ2n) is 3.49. The van der Waals surface area contributed by atoms with Gasteiger partial charge in [-0.1, -0.05) is 36.4 Å². The Morgan fingerprint density at radius 2 is 1.26 bits per heavy atom. The van der Waals surface area contributed by atoms with E-state index in [-0.39, 0.29) is 16.8 Å². The van der Waals surface area contributed by atoms with E-state index in [0.717, 1.165) is 11.5 Å². The van der Waals surface area contributed by atoms with E-state index >= 15 is 0 Å². The fourth-order valence-electron chi connectivity index (χ4n) is 1.33. The molecule has 3 rings (SSSR count). The number of nitrogens with one attached hydrogen (secondary N) is 1. The van der Waals surface area contributed by atoms with E-state index in [9.17, 15) is 0 Å². The fourth-order valence-corrected chi connectivity index (χ4v) is 1.33. The molecule has 0 aliphatic rings. The molecular formula is C15H14CoN2O. The van der Waals surface area contributed by atoms with Crippen LogP contribution in [0.25, 0.3) is 0 Å². The molecule has 0 saturated carbocycles. The molecule has 3 aromatic rings. The zero-order valence-electron chi connectivity index (χ0n) is 10.2. The summed E-state index contributed by atoms with van der Waals surface area (Å²) in [4.78, 5) is 0. The standard InChI is InChI=1S/C12H10O.C3H4N2.Co/c1-3-7-11(8-4-1)13-12-9-5-2-6-10-12;1-2-4-5-3-1;/h1-10H;1-3H,(H,4,5);. The number of nitrogens with zero attached hydrogens (tertiary/aromatic N) is 1. The maximum atomic E-state index is 5.58. The van der Waals surface area contributed by atoms with Crippen LogP contribution in [0, 0.1) is 0 Å². The van der Waals surface area contributed by atoms with Crippen LogP contribution in [-0.2, 0) is 16.8 Å². The van der Waals surface area contributed by atoms with Gasteiger partial charge in [0.15, 0.2) is 0 Å². The number of para-hydroxylation sites is 2. The monoisotopic (exact) mass is 297 g/mol. The fraction of sp³-hybridized carbons (Fsp3) is 0. The zero-order valence-corrected chi connectivity index (χ0v) is 11.2. The molecule has 0 aliphatic carbocycles. The molecule has 0 atom stereocenters.